The van der Waals surface area contributed by atoms with Crippen LogP contribution in [-0.4, -0.2) is 25.0 Å². The Bertz CT molecular complexity index is 1030. The molecular weight excluding hydrogens is 424 g/mol. The van der Waals surface area contributed by atoms with E-state index in [9.17, 15) is 18.4 Å². The van der Waals surface area contributed by atoms with Crippen LogP contribution in [0, 0.1) is 0 Å². The molecule has 0 saturated heterocycles. The van der Waals surface area contributed by atoms with Gasteiger partial charge >= 0.3 is 11.9 Å². The minimum absolute atomic E-state index is 0.000779. The maximum Gasteiger partial charge on any atom is 0.333 e. The molecule has 3 rings (SSSR count). The fraction of sp³-hybridized carbons (Fsp3) is 0.182. The predicted octanol–water partition coefficient (Wildman–Crippen LogP) is 3.65. The van der Waals surface area contributed by atoms with Crippen molar-refractivity contribution in [1.29, 1.82) is 0 Å². The van der Waals surface area contributed by atoms with Crippen LogP contribution in [0.4, 0.5) is 13.6 Å². The van der Waals surface area contributed by atoms with Gasteiger partial charge in [-0.2, -0.15) is 0 Å². The van der Waals surface area contributed by atoms with E-state index in [1.165, 1.54) is 18.2 Å². The summed E-state index contributed by atoms with van der Waals surface area (Å²) in [5.41, 5.74) is 5.06. The summed E-state index contributed by atoms with van der Waals surface area (Å²) in [5, 5.41) is 2.52. The smallest absolute Gasteiger partial charge is 0.333 e. The Balaban J connectivity index is 1.40. The molecule has 1 aromatic heterocycles. The van der Waals surface area contributed by atoms with Gasteiger partial charge in [0.1, 0.15) is 30.5 Å². The Morgan fingerprint density at radius 2 is 1.69 bits per heavy atom. The lowest BCUT2D eigenvalue weighted by atomic mass is 10.2. The van der Waals surface area contributed by atoms with Crippen molar-refractivity contribution in [1.82, 2.24) is 16.2 Å². The van der Waals surface area contributed by atoms with E-state index in [1.54, 1.807) is 30.3 Å². The van der Waals surface area contributed by atoms with Gasteiger partial charge in [0.15, 0.2) is 5.76 Å². The molecule has 0 aliphatic carbocycles. The van der Waals surface area contributed by atoms with Gasteiger partial charge in [0.05, 0.1) is 0 Å². The quantitative estimate of drug-likeness (QED) is 0.437. The monoisotopic (exact) mass is 445 g/mol. The molecule has 0 radical (unpaired) electrons. The average molecular weight is 445 g/mol. The van der Waals surface area contributed by atoms with Crippen molar-refractivity contribution >= 4 is 11.9 Å². The summed E-state index contributed by atoms with van der Waals surface area (Å²) < 4.78 is 40.3. The van der Waals surface area contributed by atoms with Crippen molar-refractivity contribution < 1.29 is 32.3 Å². The lowest BCUT2D eigenvalue weighted by Gasteiger charge is -2.10. The number of halogens is 2. The number of urea groups is 1. The average Bonchev–Trinajstić information content (AvgIpc) is 3.29. The van der Waals surface area contributed by atoms with Crippen LogP contribution >= 0.6 is 0 Å². The maximum absolute atomic E-state index is 12.2. The van der Waals surface area contributed by atoms with Crippen molar-refractivity contribution in [2.75, 3.05) is 6.61 Å². The lowest BCUT2D eigenvalue weighted by Crippen LogP contribution is -2.46. The van der Waals surface area contributed by atoms with Gasteiger partial charge in [0.25, 0.3) is 6.43 Å². The standard InChI is InChI=1S/C22H21F2N3O5/c23-20(24)14-31-17-8-4-5-15(11-17)12-25-22(29)27-26-21(28)19-10-9-18(32-19)13-30-16-6-2-1-3-7-16/h1-11,20H,12-14H2,(H,26,28)(H2,25,27,29). The summed E-state index contributed by atoms with van der Waals surface area (Å²) in [4.78, 5) is 24.0. The van der Waals surface area contributed by atoms with E-state index in [2.05, 4.69) is 16.2 Å². The highest BCUT2D eigenvalue weighted by Gasteiger charge is 2.13. The lowest BCUT2D eigenvalue weighted by molar-refractivity contribution is 0.0818. The Morgan fingerprint density at radius 3 is 2.47 bits per heavy atom. The highest BCUT2D eigenvalue weighted by atomic mass is 19.3. The van der Waals surface area contributed by atoms with Gasteiger partial charge in [-0.1, -0.05) is 30.3 Å². The summed E-state index contributed by atoms with van der Waals surface area (Å²) in [6.45, 7) is -0.475. The Morgan fingerprint density at radius 1 is 0.906 bits per heavy atom. The maximum atomic E-state index is 12.2. The van der Waals surface area contributed by atoms with Crippen LogP contribution in [-0.2, 0) is 13.2 Å². The number of nitrogens with one attached hydrogen (secondary N) is 3. The van der Waals surface area contributed by atoms with Crippen molar-refractivity contribution in [2.45, 2.75) is 19.6 Å². The van der Waals surface area contributed by atoms with Gasteiger partial charge in [-0.15, -0.1) is 0 Å². The number of benzene rings is 2. The second kappa shape index (κ2) is 11.3. The molecule has 1 heterocycles. The molecule has 10 heteroatoms. The molecule has 3 N–H and O–H groups in total. The number of amides is 3. The molecule has 168 valence electrons. The van der Waals surface area contributed by atoms with Crippen molar-refractivity contribution in [2.24, 2.45) is 0 Å². The number of carbonyl (C=O) groups excluding carboxylic acids is 2. The SMILES string of the molecule is O=C(NCc1cccc(OCC(F)F)c1)NNC(=O)c1ccc(COc2ccccc2)o1. The predicted molar refractivity (Wildman–Crippen MR) is 110 cm³/mol. The van der Waals surface area contributed by atoms with E-state index in [0.29, 0.717) is 17.1 Å². The Labute approximate surface area is 182 Å². The van der Waals surface area contributed by atoms with Gasteiger partial charge in [-0.05, 0) is 42.0 Å². The van der Waals surface area contributed by atoms with E-state index >= 15 is 0 Å². The third-order valence-corrected chi connectivity index (χ3v) is 4.03. The number of hydrazine groups is 1. The molecule has 0 fully saturated rings. The number of ether oxygens (including phenoxy) is 2. The zero-order valence-electron chi connectivity index (χ0n) is 16.8. The number of carbonyl (C=O) groups is 2. The van der Waals surface area contributed by atoms with E-state index in [-0.39, 0.29) is 24.7 Å². The summed E-state index contributed by atoms with van der Waals surface area (Å²) in [6, 6.07) is 17.9. The number of para-hydroxylation sites is 1. The van der Waals surface area contributed by atoms with Crippen molar-refractivity contribution in [3.8, 4) is 11.5 Å². The molecule has 8 nitrogen and oxygen atoms in total. The molecule has 3 amide bonds. The van der Waals surface area contributed by atoms with Gasteiger partial charge < -0.3 is 19.2 Å². The molecule has 32 heavy (non-hydrogen) atoms. The first-order chi connectivity index (χ1) is 15.5. The molecule has 0 saturated carbocycles. The van der Waals surface area contributed by atoms with Crippen molar-refractivity contribution in [3.63, 3.8) is 0 Å². The number of hydrogen-bond donors (Lipinski definition) is 3. The van der Waals surface area contributed by atoms with Crippen molar-refractivity contribution in [3.05, 3.63) is 83.8 Å². The molecule has 2 aromatic carbocycles. The molecule has 3 aromatic rings. The minimum Gasteiger partial charge on any atom is -0.488 e. The van der Waals surface area contributed by atoms with Crippen LogP contribution in [0.1, 0.15) is 21.9 Å². The first kappa shape index (κ1) is 22.6. The van der Waals surface area contributed by atoms with Crippen LogP contribution < -0.4 is 25.6 Å². The number of hydrogen-bond acceptors (Lipinski definition) is 5. The summed E-state index contributed by atoms with van der Waals surface area (Å²) in [6.07, 6.45) is -2.58. The van der Waals surface area contributed by atoms with Gasteiger partial charge in [0.2, 0.25) is 0 Å². The van der Waals surface area contributed by atoms with Gasteiger partial charge in [-0.25, -0.2) is 19.0 Å². The minimum atomic E-state index is -2.58. The van der Waals surface area contributed by atoms with Gasteiger partial charge in [0, 0.05) is 6.54 Å². The fourth-order valence-corrected chi connectivity index (χ4v) is 2.55. The fourth-order valence-electron chi connectivity index (χ4n) is 2.55. The highest BCUT2D eigenvalue weighted by Crippen LogP contribution is 2.15. The summed E-state index contributed by atoms with van der Waals surface area (Å²) >= 11 is 0. The van der Waals surface area contributed by atoms with E-state index < -0.39 is 25.0 Å². The summed E-state index contributed by atoms with van der Waals surface area (Å²) in [5.74, 6) is 0.731. The second-order valence-corrected chi connectivity index (χ2v) is 6.48. The van der Waals surface area contributed by atoms with Crippen LogP contribution in [0.15, 0.2) is 71.1 Å². The molecule has 0 unspecified atom stereocenters. The zero-order valence-corrected chi connectivity index (χ0v) is 16.8. The van der Waals surface area contributed by atoms with E-state index in [1.807, 2.05) is 18.2 Å². The van der Waals surface area contributed by atoms with E-state index in [4.69, 9.17) is 13.9 Å². The van der Waals surface area contributed by atoms with Crippen LogP contribution in [0.25, 0.3) is 0 Å². The zero-order chi connectivity index (χ0) is 22.8. The highest BCUT2D eigenvalue weighted by molar-refractivity contribution is 5.92. The van der Waals surface area contributed by atoms with Crippen LogP contribution in [0.2, 0.25) is 0 Å². The summed E-state index contributed by atoms with van der Waals surface area (Å²) in [7, 11) is 0. The molecule has 0 aliphatic rings. The molecular formula is C22H21F2N3O5. The normalized spacial score (nSPS) is 10.5. The topological polar surface area (TPSA) is 102 Å². The second-order valence-electron chi connectivity index (χ2n) is 6.48. The van der Waals surface area contributed by atoms with E-state index in [0.717, 1.165) is 0 Å². The number of rotatable bonds is 9. The molecule has 0 aliphatic heterocycles. The van der Waals surface area contributed by atoms with Crippen LogP contribution in [0.5, 0.6) is 11.5 Å². The third-order valence-electron chi connectivity index (χ3n) is 4.03. The van der Waals surface area contributed by atoms with Gasteiger partial charge in [-0.3, -0.25) is 10.2 Å². The first-order valence-corrected chi connectivity index (χ1v) is 9.60. The number of alkyl halides is 2. The number of furan rings is 1. The Hall–Kier alpha value is -4.08. The molecule has 0 bridgehead atoms. The third kappa shape index (κ3) is 7.31. The molecule has 0 spiro atoms. The molecule has 0 atom stereocenters. The largest absolute Gasteiger partial charge is 0.488 e. The first-order valence-electron chi connectivity index (χ1n) is 9.60. The Kier molecular flexibility index (Phi) is 8.02. The van der Waals surface area contributed by atoms with Crippen LogP contribution in [0.3, 0.4) is 0 Å².